The van der Waals surface area contributed by atoms with Crippen LogP contribution in [0.25, 0.3) is 0 Å². The average molecular weight is 235 g/mol. The van der Waals surface area contributed by atoms with E-state index in [4.69, 9.17) is 0 Å². The predicted octanol–water partition coefficient (Wildman–Crippen LogP) is 3.32. The van der Waals surface area contributed by atoms with E-state index in [1.54, 1.807) is 5.56 Å². The Bertz CT molecular complexity index is 362. The van der Waals surface area contributed by atoms with Crippen LogP contribution < -0.4 is 5.32 Å². The minimum Gasteiger partial charge on any atom is -0.307 e. The fourth-order valence-electron chi connectivity index (χ4n) is 2.65. The molecule has 1 aliphatic carbocycles. The molecule has 88 valence electrons. The molecule has 0 saturated carbocycles. The number of hydrogen-bond donors (Lipinski definition) is 1. The summed E-state index contributed by atoms with van der Waals surface area (Å²) in [5, 5.41) is 3.74. The van der Waals surface area contributed by atoms with E-state index in [-0.39, 0.29) is 0 Å². The number of hydrogen-bond acceptors (Lipinski definition) is 2. The zero-order valence-corrected chi connectivity index (χ0v) is 11.2. The van der Waals surface area contributed by atoms with Crippen LogP contribution in [-0.4, -0.2) is 18.1 Å². The van der Waals surface area contributed by atoms with Crippen molar-refractivity contribution in [1.29, 1.82) is 0 Å². The van der Waals surface area contributed by atoms with Gasteiger partial charge in [0.05, 0.1) is 0 Å². The molecule has 0 heterocycles. The van der Waals surface area contributed by atoms with Gasteiger partial charge in [0.1, 0.15) is 0 Å². The maximum absolute atomic E-state index is 3.74. The van der Waals surface area contributed by atoms with Crippen molar-refractivity contribution in [3.8, 4) is 0 Å². The zero-order chi connectivity index (χ0) is 11.5. The van der Waals surface area contributed by atoms with Crippen LogP contribution >= 0.6 is 11.8 Å². The molecule has 0 amide bonds. The van der Waals surface area contributed by atoms with Gasteiger partial charge in [-0.1, -0.05) is 18.2 Å². The Balaban J connectivity index is 2.09. The van der Waals surface area contributed by atoms with Gasteiger partial charge in [0.15, 0.2) is 0 Å². The molecule has 0 aromatic heterocycles. The highest BCUT2D eigenvalue weighted by molar-refractivity contribution is 7.98. The van der Waals surface area contributed by atoms with Crippen molar-refractivity contribution in [3.05, 3.63) is 34.9 Å². The molecule has 1 aromatic carbocycles. The Hall–Kier alpha value is -0.470. The molecule has 2 unspecified atom stereocenters. The molecule has 2 atom stereocenters. The van der Waals surface area contributed by atoms with Gasteiger partial charge in [0.2, 0.25) is 0 Å². The molecular weight excluding hydrogens is 214 g/mol. The monoisotopic (exact) mass is 235 g/mol. The van der Waals surface area contributed by atoms with E-state index in [2.05, 4.69) is 43.6 Å². The molecule has 0 saturated heterocycles. The van der Waals surface area contributed by atoms with Crippen molar-refractivity contribution in [1.82, 2.24) is 5.32 Å². The first-order chi connectivity index (χ1) is 7.72. The highest BCUT2D eigenvalue weighted by atomic mass is 32.2. The lowest BCUT2D eigenvalue weighted by Gasteiger charge is -2.19. The smallest absolute Gasteiger partial charge is 0.0328 e. The van der Waals surface area contributed by atoms with Crippen molar-refractivity contribution < 1.29 is 0 Å². The summed E-state index contributed by atoms with van der Waals surface area (Å²) in [6.45, 7) is 4.51. The fourth-order valence-corrected chi connectivity index (χ4v) is 3.25. The van der Waals surface area contributed by atoms with Crippen LogP contribution in [0.5, 0.6) is 0 Å². The van der Waals surface area contributed by atoms with Gasteiger partial charge in [-0.15, -0.1) is 0 Å². The van der Waals surface area contributed by atoms with Crippen LogP contribution in [0.2, 0.25) is 0 Å². The lowest BCUT2D eigenvalue weighted by molar-refractivity contribution is 0.479. The third-order valence-corrected chi connectivity index (χ3v) is 4.24. The summed E-state index contributed by atoms with van der Waals surface area (Å²) >= 11 is 1.92. The summed E-state index contributed by atoms with van der Waals surface area (Å²) in [5.74, 6) is 1.19. The van der Waals surface area contributed by atoms with Gasteiger partial charge in [-0.3, -0.25) is 0 Å². The summed E-state index contributed by atoms with van der Waals surface area (Å²) in [7, 11) is 0. The number of thioether (sulfide) groups is 1. The Morgan fingerprint density at radius 3 is 3.06 bits per heavy atom. The largest absolute Gasteiger partial charge is 0.307 e. The van der Waals surface area contributed by atoms with Crippen molar-refractivity contribution >= 4 is 11.8 Å². The van der Waals surface area contributed by atoms with Crippen LogP contribution in [0.15, 0.2) is 18.2 Å². The number of fused-ring (bicyclic) bond motifs is 1. The molecule has 2 heteroatoms. The van der Waals surface area contributed by atoms with Crippen molar-refractivity contribution in [2.45, 2.75) is 38.8 Å². The minimum atomic E-state index is 0.581. The number of aryl methyl sites for hydroxylation is 1. The van der Waals surface area contributed by atoms with Crippen LogP contribution in [-0.2, 0) is 6.42 Å². The Labute approximate surface area is 103 Å². The van der Waals surface area contributed by atoms with Gasteiger partial charge in [0, 0.05) is 17.8 Å². The molecular formula is C14H21NS. The number of rotatable bonds is 4. The minimum absolute atomic E-state index is 0.581. The summed E-state index contributed by atoms with van der Waals surface area (Å²) in [6, 6.07) is 7.89. The van der Waals surface area contributed by atoms with E-state index in [9.17, 15) is 0 Å². The molecule has 0 aliphatic heterocycles. The third kappa shape index (κ3) is 2.44. The molecule has 0 radical (unpaired) electrons. The quantitative estimate of drug-likeness (QED) is 0.859. The van der Waals surface area contributed by atoms with Crippen molar-refractivity contribution in [2.24, 2.45) is 0 Å². The van der Waals surface area contributed by atoms with Crippen LogP contribution in [0.3, 0.4) is 0 Å². The molecule has 2 rings (SSSR count). The fraction of sp³-hybridized carbons (Fsp3) is 0.571. The van der Waals surface area contributed by atoms with E-state index < -0.39 is 0 Å². The maximum atomic E-state index is 3.74. The molecule has 0 bridgehead atoms. The third-order valence-electron chi connectivity index (χ3n) is 3.41. The Morgan fingerprint density at radius 1 is 1.50 bits per heavy atom. The number of nitrogens with one attached hydrogen (secondary N) is 1. The van der Waals surface area contributed by atoms with Crippen molar-refractivity contribution in [2.75, 3.05) is 12.0 Å². The highest BCUT2D eigenvalue weighted by Gasteiger charge is 2.24. The van der Waals surface area contributed by atoms with Gasteiger partial charge in [-0.25, -0.2) is 0 Å². The molecule has 1 nitrogen and oxygen atoms in total. The zero-order valence-electron chi connectivity index (χ0n) is 10.4. The lowest BCUT2D eigenvalue weighted by atomic mass is 10.0. The lowest BCUT2D eigenvalue weighted by Crippen LogP contribution is -2.31. The van der Waals surface area contributed by atoms with Crippen LogP contribution in [0.1, 0.15) is 36.1 Å². The molecule has 0 fully saturated rings. The van der Waals surface area contributed by atoms with Gasteiger partial charge in [-0.2, -0.15) is 11.8 Å². The second kappa shape index (κ2) is 5.24. The van der Waals surface area contributed by atoms with Crippen molar-refractivity contribution in [3.63, 3.8) is 0 Å². The molecule has 1 aromatic rings. The molecule has 0 spiro atoms. The Morgan fingerprint density at radius 2 is 2.31 bits per heavy atom. The van der Waals surface area contributed by atoms with Gasteiger partial charge in [0.25, 0.3) is 0 Å². The van der Waals surface area contributed by atoms with Crippen LogP contribution in [0, 0.1) is 6.92 Å². The van der Waals surface area contributed by atoms with Gasteiger partial charge in [-0.05, 0) is 49.6 Å². The molecule has 1 aliphatic rings. The highest BCUT2D eigenvalue weighted by Crippen LogP contribution is 2.33. The summed E-state index contributed by atoms with van der Waals surface area (Å²) < 4.78 is 0. The number of benzene rings is 1. The molecule has 1 N–H and O–H groups in total. The standard InChI is InChI=1S/C14H21NS/c1-10-5-4-6-13-12(10)7-8-14(13)15-11(2)9-16-3/h4-6,11,14-15H,7-9H2,1-3H3. The second-order valence-corrected chi connectivity index (χ2v) is 5.67. The average Bonchev–Trinajstić information content (AvgIpc) is 2.64. The first-order valence-electron chi connectivity index (χ1n) is 6.05. The van der Waals surface area contributed by atoms with E-state index in [0.29, 0.717) is 12.1 Å². The molecule has 16 heavy (non-hydrogen) atoms. The van der Waals surface area contributed by atoms with Crippen LogP contribution in [0.4, 0.5) is 0 Å². The summed E-state index contributed by atoms with van der Waals surface area (Å²) in [5.41, 5.74) is 4.57. The van der Waals surface area contributed by atoms with E-state index >= 15 is 0 Å². The van der Waals surface area contributed by atoms with E-state index in [0.717, 1.165) is 0 Å². The second-order valence-electron chi connectivity index (χ2n) is 4.76. The Kier molecular flexibility index (Phi) is 3.93. The van der Waals surface area contributed by atoms with E-state index in [1.807, 2.05) is 11.8 Å². The normalized spacial score (nSPS) is 20.8. The first kappa shape index (κ1) is 12.0. The van der Waals surface area contributed by atoms with Gasteiger partial charge >= 0.3 is 0 Å². The predicted molar refractivity (Wildman–Crippen MR) is 73.2 cm³/mol. The SMILES string of the molecule is CSCC(C)NC1CCc2c(C)cccc21. The first-order valence-corrected chi connectivity index (χ1v) is 7.45. The van der Waals surface area contributed by atoms with Gasteiger partial charge < -0.3 is 5.32 Å². The summed E-state index contributed by atoms with van der Waals surface area (Å²) in [6.07, 6.45) is 4.68. The maximum Gasteiger partial charge on any atom is 0.0328 e. The van der Waals surface area contributed by atoms with E-state index in [1.165, 1.54) is 29.7 Å². The summed E-state index contributed by atoms with van der Waals surface area (Å²) in [4.78, 5) is 0. The topological polar surface area (TPSA) is 12.0 Å².